The van der Waals surface area contributed by atoms with Crippen LogP contribution in [0.2, 0.25) is 0 Å². The molecule has 0 radical (unpaired) electrons. The number of benzene rings is 2. The number of fused-ring (bicyclic) bond motifs is 1. The molecule has 0 aliphatic carbocycles. The van der Waals surface area contributed by atoms with Crippen LogP contribution in [0.5, 0.6) is 0 Å². The second-order valence-corrected chi connectivity index (χ2v) is 11.0. The fraction of sp³-hybridized carbons (Fsp3) is 0.160. The number of hydrogen-bond acceptors (Lipinski definition) is 6. The van der Waals surface area contributed by atoms with Gasteiger partial charge in [-0.15, -0.1) is 11.3 Å². The fourth-order valence-corrected chi connectivity index (χ4v) is 5.59. The molecular formula is C25H23N3O4S2. The predicted molar refractivity (Wildman–Crippen MR) is 132 cm³/mol. The van der Waals surface area contributed by atoms with Crippen LogP contribution in [0.15, 0.2) is 82.8 Å². The van der Waals surface area contributed by atoms with Gasteiger partial charge in [0.05, 0.1) is 19.4 Å². The minimum absolute atomic E-state index is 0.0456. The highest BCUT2D eigenvalue weighted by Crippen LogP contribution is 2.25. The van der Waals surface area contributed by atoms with E-state index in [2.05, 4.69) is 15.6 Å². The summed E-state index contributed by atoms with van der Waals surface area (Å²) in [6.45, 7) is 3.93. The second kappa shape index (κ2) is 9.74. The van der Waals surface area contributed by atoms with Crippen molar-refractivity contribution in [1.82, 2.24) is 15.6 Å². The standard InChI is InChI=1S/C25H23N3O4S2/c1-16(2)28-24(29)19-4-3-5-21(12-19)34(31,32)20-8-6-17(7-9-20)14-27-25(30)22-13-18-10-11-26-15-23(18)33-22/h3-13,15-16H,14H2,1-2H3,(H,27,30)(H,28,29). The SMILES string of the molecule is CC(C)NC(=O)c1cccc(S(=O)(=O)c2ccc(CNC(=O)c3cc4ccncc4s3)cc2)c1. The Labute approximate surface area is 201 Å². The number of amides is 2. The van der Waals surface area contributed by atoms with Gasteiger partial charge >= 0.3 is 0 Å². The monoisotopic (exact) mass is 493 g/mol. The minimum Gasteiger partial charge on any atom is -0.350 e. The minimum atomic E-state index is -3.80. The van der Waals surface area contributed by atoms with Gasteiger partial charge in [-0.3, -0.25) is 14.6 Å². The molecule has 0 saturated heterocycles. The largest absolute Gasteiger partial charge is 0.350 e. The molecule has 9 heteroatoms. The van der Waals surface area contributed by atoms with Gasteiger partial charge in [0.1, 0.15) is 0 Å². The third-order valence-corrected chi connectivity index (χ3v) is 7.91. The van der Waals surface area contributed by atoms with E-state index in [1.54, 1.807) is 36.7 Å². The molecule has 0 unspecified atom stereocenters. The zero-order valence-electron chi connectivity index (χ0n) is 18.6. The number of aromatic nitrogens is 1. The van der Waals surface area contributed by atoms with Crippen molar-refractivity contribution in [2.75, 3.05) is 0 Å². The van der Waals surface area contributed by atoms with Crippen molar-refractivity contribution in [1.29, 1.82) is 0 Å². The molecule has 34 heavy (non-hydrogen) atoms. The van der Waals surface area contributed by atoms with Gasteiger partial charge in [0.2, 0.25) is 9.84 Å². The Hall–Kier alpha value is -3.56. The van der Waals surface area contributed by atoms with Gasteiger partial charge in [0.25, 0.3) is 11.8 Å². The van der Waals surface area contributed by atoms with Gasteiger partial charge in [-0.2, -0.15) is 0 Å². The number of carbonyl (C=O) groups excluding carboxylic acids is 2. The Morgan fingerprint density at radius 3 is 2.44 bits per heavy atom. The van der Waals surface area contributed by atoms with Crippen LogP contribution in [0.25, 0.3) is 10.1 Å². The normalized spacial score (nSPS) is 11.5. The van der Waals surface area contributed by atoms with E-state index in [1.807, 2.05) is 26.0 Å². The van der Waals surface area contributed by atoms with Gasteiger partial charge in [-0.1, -0.05) is 18.2 Å². The molecule has 0 aliphatic heterocycles. The van der Waals surface area contributed by atoms with E-state index in [4.69, 9.17) is 0 Å². The van der Waals surface area contributed by atoms with Crippen molar-refractivity contribution in [3.63, 3.8) is 0 Å². The first kappa shape index (κ1) is 23.6. The van der Waals surface area contributed by atoms with Crippen LogP contribution in [0.4, 0.5) is 0 Å². The molecule has 2 aromatic heterocycles. The third kappa shape index (κ3) is 5.16. The predicted octanol–water partition coefficient (Wildman–Crippen LogP) is 4.20. The summed E-state index contributed by atoms with van der Waals surface area (Å²) >= 11 is 1.37. The molecular weight excluding hydrogens is 470 g/mol. The second-order valence-electron chi connectivity index (χ2n) is 8.01. The molecule has 0 saturated carbocycles. The molecule has 0 bridgehead atoms. The highest BCUT2D eigenvalue weighted by molar-refractivity contribution is 7.91. The van der Waals surface area contributed by atoms with Crippen LogP contribution in [-0.2, 0) is 16.4 Å². The lowest BCUT2D eigenvalue weighted by molar-refractivity contribution is 0.0938. The maximum absolute atomic E-state index is 13.1. The number of hydrogen-bond donors (Lipinski definition) is 2. The highest BCUT2D eigenvalue weighted by Gasteiger charge is 2.19. The van der Waals surface area contributed by atoms with E-state index in [-0.39, 0.29) is 39.8 Å². The van der Waals surface area contributed by atoms with E-state index in [0.29, 0.717) is 4.88 Å². The molecule has 2 amide bonds. The van der Waals surface area contributed by atoms with E-state index >= 15 is 0 Å². The summed E-state index contributed by atoms with van der Waals surface area (Å²) in [6.07, 6.45) is 3.41. The lowest BCUT2D eigenvalue weighted by Crippen LogP contribution is -2.30. The van der Waals surface area contributed by atoms with Crippen molar-refractivity contribution < 1.29 is 18.0 Å². The first-order valence-electron chi connectivity index (χ1n) is 10.6. The zero-order chi connectivity index (χ0) is 24.3. The van der Waals surface area contributed by atoms with Crippen molar-refractivity contribution >= 4 is 43.1 Å². The molecule has 4 aromatic rings. The molecule has 0 atom stereocenters. The molecule has 0 fully saturated rings. The smallest absolute Gasteiger partial charge is 0.261 e. The summed E-state index contributed by atoms with van der Waals surface area (Å²) in [7, 11) is -3.80. The topological polar surface area (TPSA) is 105 Å². The molecule has 4 rings (SSSR count). The summed E-state index contributed by atoms with van der Waals surface area (Å²) in [5.74, 6) is -0.526. The summed E-state index contributed by atoms with van der Waals surface area (Å²) in [5, 5.41) is 6.58. The van der Waals surface area contributed by atoms with Crippen molar-refractivity contribution in [3.8, 4) is 0 Å². The number of pyridine rings is 1. The van der Waals surface area contributed by atoms with Gasteiger partial charge in [0.15, 0.2) is 0 Å². The lowest BCUT2D eigenvalue weighted by atomic mass is 10.2. The molecule has 2 heterocycles. The zero-order valence-corrected chi connectivity index (χ0v) is 20.2. The Bertz CT molecular complexity index is 1430. The summed E-state index contributed by atoms with van der Waals surface area (Å²) in [5.41, 5.74) is 1.05. The quantitative estimate of drug-likeness (QED) is 0.402. The lowest BCUT2D eigenvalue weighted by Gasteiger charge is -2.10. The summed E-state index contributed by atoms with van der Waals surface area (Å²) < 4.78 is 27.1. The average Bonchev–Trinajstić information content (AvgIpc) is 3.27. The molecule has 0 spiro atoms. The van der Waals surface area contributed by atoms with E-state index in [0.717, 1.165) is 15.6 Å². The van der Waals surface area contributed by atoms with E-state index in [1.165, 1.54) is 35.6 Å². The van der Waals surface area contributed by atoms with E-state index in [9.17, 15) is 18.0 Å². The number of thiophene rings is 1. The Kier molecular flexibility index (Phi) is 6.76. The molecule has 0 aliphatic rings. The summed E-state index contributed by atoms with van der Waals surface area (Å²) in [4.78, 5) is 29.6. The number of nitrogens with one attached hydrogen (secondary N) is 2. The number of carbonyl (C=O) groups is 2. The number of nitrogens with zero attached hydrogens (tertiary/aromatic N) is 1. The maximum Gasteiger partial charge on any atom is 0.261 e. The van der Waals surface area contributed by atoms with Crippen molar-refractivity contribution in [2.45, 2.75) is 36.2 Å². The average molecular weight is 494 g/mol. The van der Waals surface area contributed by atoms with Gasteiger partial charge in [0, 0.05) is 30.5 Å². The van der Waals surface area contributed by atoms with Crippen LogP contribution < -0.4 is 10.6 Å². The number of rotatable bonds is 7. The van der Waals surface area contributed by atoms with E-state index < -0.39 is 9.84 Å². The fourth-order valence-electron chi connectivity index (χ4n) is 3.34. The van der Waals surface area contributed by atoms with Crippen LogP contribution in [-0.4, -0.2) is 31.3 Å². The van der Waals surface area contributed by atoms with Crippen LogP contribution in [0.1, 0.15) is 39.4 Å². The van der Waals surface area contributed by atoms with Crippen LogP contribution in [0, 0.1) is 0 Å². The Morgan fingerprint density at radius 2 is 1.74 bits per heavy atom. The Balaban J connectivity index is 1.45. The third-order valence-electron chi connectivity index (χ3n) is 5.06. The van der Waals surface area contributed by atoms with Crippen LogP contribution >= 0.6 is 11.3 Å². The van der Waals surface area contributed by atoms with Crippen LogP contribution in [0.3, 0.4) is 0 Å². The Morgan fingerprint density at radius 1 is 0.971 bits per heavy atom. The van der Waals surface area contributed by atoms with Crippen molar-refractivity contribution in [2.24, 2.45) is 0 Å². The first-order valence-corrected chi connectivity index (χ1v) is 12.9. The summed E-state index contributed by atoms with van der Waals surface area (Å²) in [6, 6.07) is 15.9. The maximum atomic E-state index is 13.1. The first-order chi connectivity index (χ1) is 16.2. The van der Waals surface area contributed by atoms with Gasteiger partial charge in [-0.25, -0.2) is 8.42 Å². The number of sulfone groups is 1. The van der Waals surface area contributed by atoms with Gasteiger partial charge in [-0.05, 0) is 67.3 Å². The molecule has 7 nitrogen and oxygen atoms in total. The molecule has 2 aromatic carbocycles. The highest BCUT2D eigenvalue weighted by atomic mass is 32.2. The van der Waals surface area contributed by atoms with Crippen molar-refractivity contribution in [3.05, 3.63) is 89.1 Å². The molecule has 2 N–H and O–H groups in total. The molecule has 174 valence electrons. The van der Waals surface area contributed by atoms with Gasteiger partial charge < -0.3 is 10.6 Å².